The van der Waals surface area contributed by atoms with E-state index in [1.54, 1.807) is 0 Å². The van der Waals surface area contributed by atoms with E-state index in [-0.39, 0.29) is 16.5 Å². The lowest BCUT2D eigenvalue weighted by molar-refractivity contribution is -0.402. The van der Waals surface area contributed by atoms with Crippen molar-refractivity contribution in [1.82, 2.24) is 0 Å². The topological polar surface area (TPSA) is 109 Å². The van der Waals surface area contributed by atoms with Gasteiger partial charge in [0.15, 0.2) is 5.76 Å². The number of carbonyl (C=O) groups excluding carboxylic acids is 1. The highest BCUT2D eigenvalue weighted by atomic mass is 35.5. The molecule has 0 radical (unpaired) electrons. The molecule has 20 heavy (non-hydrogen) atoms. The molecule has 1 aromatic carbocycles. The summed E-state index contributed by atoms with van der Waals surface area (Å²) in [7, 11) is 0. The highest BCUT2D eigenvalue weighted by Crippen LogP contribution is 2.24. The number of nitrogens with zero attached hydrogens (tertiary/aromatic N) is 2. The van der Waals surface area contributed by atoms with Gasteiger partial charge in [-0.05, 0) is 24.3 Å². The number of furan rings is 1. The summed E-state index contributed by atoms with van der Waals surface area (Å²) in [5.74, 6) is -1.41. The zero-order chi connectivity index (χ0) is 14.7. The van der Waals surface area contributed by atoms with Crippen molar-refractivity contribution in [3.63, 3.8) is 0 Å². The third-order valence-corrected chi connectivity index (χ3v) is 2.65. The Hall–Kier alpha value is -2.85. The van der Waals surface area contributed by atoms with Gasteiger partial charge in [0.05, 0.1) is 28.4 Å². The number of carbonyl (C=O) groups is 1. The maximum atomic E-state index is 11.8. The summed E-state index contributed by atoms with van der Waals surface area (Å²) < 4.78 is 4.76. The second kappa shape index (κ2) is 5.42. The van der Waals surface area contributed by atoms with Gasteiger partial charge >= 0.3 is 5.88 Å². The van der Waals surface area contributed by atoms with Gasteiger partial charge in [0.2, 0.25) is 0 Å². The number of amides is 1. The first-order valence-electron chi connectivity index (χ1n) is 5.26. The van der Waals surface area contributed by atoms with Crippen LogP contribution >= 0.6 is 11.6 Å². The first-order chi connectivity index (χ1) is 9.51. The van der Waals surface area contributed by atoms with Crippen molar-refractivity contribution in [2.45, 2.75) is 0 Å². The van der Waals surface area contributed by atoms with Crippen LogP contribution in [0.4, 0.5) is 11.6 Å². The molecule has 0 aliphatic rings. The number of nitro groups is 1. The zero-order valence-electron chi connectivity index (χ0n) is 9.79. The Kier molecular flexibility index (Phi) is 3.68. The maximum absolute atomic E-state index is 11.8. The summed E-state index contributed by atoms with van der Waals surface area (Å²) in [6.07, 6.45) is 0. The average molecular weight is 292 g/mol. The second-order valence-electron chi connectivity index (χ2n) is 3.66. The minimum Gasteiger partial charge on any atom is -0.395 e. The van der Waals surface area contributed by atoms with E-state index in [2.05, 4.69) is 5.32 Å². The minimum absolute atomic E-state index is 0.179. The van der Waals surface area contributed by atoms with Crippen LogP contribution < -0.4 is 5.32 Å². The van der Waals surface area contributed by atoms with Gasteiger partial charge in [-0.3, -0.25) is 14.9 Å². The van der Waals surface area contributed by atoms with E-state index in [1.807, 2.05) is 6.07 Å². The first kappa shape index (κ1) is 13.6. The lowest BCUT2D eigenvalue weighted by Crippen LogP contribution is -2.11. The molecule has 0 aliphatic carbocycles. The van der Waals surface area contributed by atoms with E-state index in [9.17, 15) is 14.9 Å². The maximum Gasteiger partial charge on any atom is 0.433 e. The number of rotatable bonds is 3. The molecule has 1 amide bonds. The van der Waals surface area contributed by atoms with Gasteiger partial charge in [0.1, 0.15) is 4.92 Å². The molecular formula is C12H6ClN3O4. The molecule has 1 N–H and O–H groups in total. The number of nitriles is 1. The fraction of sp³-hybridized carbons (Fsp3) is 0. The lowest BCUT2D eigenvalue weighted by atomic mass is 10.2. The molecule has 8 heteroatoms. The SMILES string of the molecule is N#Cc1ccc(NC(=O)c2ccc([N+](=O)[O-])o2)c(Cl)c1. The quantitative estimate of drug-likeness (QED) is 0.690. The third-order valence-electron chi connectivity index (χ3n) is 2.34. The predicted molar refractivity (Wildman–Crippen MR) is 69.5 cm³/mol. The van der Waals surface area contributed by atoms with Crippen molar-refractivity contribution >= 4 is 29.1 Å². The predicted octanol–water partition coefficient (Wildman–Crippen LogP) is 2.97. The van der Waals surface area contributed by atoms with Crippen LogP contribution in [-0.2, 0) is 0 Å². The Bertz CT molecular complexity index is 733. The molecule has 1 heterocycles. The average Bonchev–Trinajstić information content (AvgIpc) is 2.91. The number of hydrogen-bond acceptors (Lipinski definition) is 5. The van der Waals surface area contributed by atoms with Gasteiger partial charge in [-0.25, -0.2) is 0 Å². The molecule has 0 bridgehead atoms. The van der Waals surface area contributed by atoms with Crippen LogP contribution in [0.1, 0.15) is 16.1 Å². The van der Waals surface area contributed by atoms with Crippen molar-refractivity contribution in [2.24, 2.45) is 0 Å². The van der Waals surface area contributed by atoms with Crippen molar-refractivity contribution in [3.8, 4) is 6.07 Å². The molecule has 7 nitrogen and oxygen atoms in total. The van der Waals surface area contributed by atoms with Crippen LogP contribution in [0.2, 0.25) is 5.02 Å². The molecule has 0 saturated carbocycles. The number of hydrogen-bond donors (Lipinski definition) is 1. The number of benzene rings is 1. The Balaban J connectivity index is 2.19. The lowest BCUT2D eigenvalue weighted by Gasteiger charge is -2.05. The largest absolute Gasteiger partial charge is 0.433 e. The van der Waals surface area contributed by atoms with Gasteiger partial charge in [-0.15, -0.1) is 0 Å². The molecule has 0 atom stereocenters. The molecule has 0 aliphatic heterocycles. The van der Waals surface area contributed by atoms with E-state index in [4.69, 9.17) is 21.3 Å². The van der Waals surface area contributed by atoms with E-state index in [1.165, 1.54) is 24.3 Å². The summed E-state index contributed by atoms with van der Waals surface area (Å²) in [5, 5.41) is 21.8. The van der Waals surface area contributed by atoms with Gasteiger partial charge in [-0.2, -0.15) is 5.26 Å². The van der Waals surface area contributed by atoms with E-state index in [0.29, 0.717) is 5.56 Å². The highest BCUT2D eigenvalue weighted by molar-refractivity contribution is 6.34. The summed E-state index contributed by atoms with van der Waals surface area (Å²) in [5.41, 5.74) is 0.622. The van der Waals surface area contributed by atoms with E-state index >= 15 is 0 Å². The standard InChI is InChI=1S/C12H6ClN3O4/c13-8-5-7(6-14)1-2-9(8)15-12(17)10-3-4-11(20-10)16(18)19/h1-5H,(H,15,17). The fourth-order valence-electron chi connectivity index (χ4n) is 1.42. The van der Waals surface area contributed by atoms with Crippen LogP contribution in [0.15, 0.2) is 34.7 Å². The summed E-state index contributed by atoms with van der Waals surface area (Å²) in [4.78, 5) is 21.5. The molecule has 100 valence electrons. The zero-order valence-corrected chi connectivity index (χ0v) is 10.5. The van der Waals surface area contributed by atoms with Crippen LogP contribution in [0, 0.1) is 21.4 Å². The Morgan fingerprint density at radius 1 is 1.40 bits per heavy atom. The van der Waals surface area contributed by atoms with E-state index < -0.39 is 16.7 Å². The first-order valence-corrected chi connectivity index (χ1v) is 5.64. The molecule has 0 unspecified atom stereocenters. The fourth-order valence-corrected chi connectivity index (χ4v) is 1.65. The summed E-state index contributed by atoms with van der Waals surface area (Å²) in [6, 6.07) is 8.49. The van der Waals surface area contributed by atoms with Gasteiger partial charge in [0, 0.05) is 0 Å². The Labute approximate surface area is 117 Å². The van der Waals surface area contributed by atoms with Crippen molar-refractivity contribution in [2.75, 3.05) is 5.32 Å². The Morgan fingerprint density at radius 3 is 2.70 bits per heavy atom. The summed E-state index contributed by atoms with van der Waals surface area (Å²) >= 11 is 5.89. The normalized spacial score (nSPS) is 9.80. The third kappa shape index (κ3) is 2.76. The van der Waals surface area contributed by atoms with Crippen LogP contribution in [0.5, 0.6) is 0 Å². The monoisotopic (exact) mass is 291 g/mol. The van der Waals surface area contributed by atoms with Crippen molar-refractivity contribution in [3.05, 3.63) is 56.8 Å². The molecule has 2 rings (SSSR count). The Morgan fingerprint density at radius 2 is 2.15 bits per heavy atom. The van der Waals surface area contributed by atoms with Crippen molar-refractivity contribution in [1.29, 1.82) is 5.26 Å². The smallest absolute Gasteiger partial charge is 0.395 e. The molecule has 2 aromatic rings. The second-order valence-corrected chi connectivity index (χ2v) is 4.06. The molecule has 0 spiro atoms. The number of nitrogens with one attached hydrogen (secondary N) is 1. The van der Waals surface area contributed by atoms with Gasteiger partial charge in [-0.1, -0.05) is 11.6 Å². The number of halogens is 1. The molecule has 0 saturated heterocycles. The van der Waals surface area contributed by atoms with Crippen LogP contribution in [-0.4, -0.2) is 10.8 Å². The van der Waals surface area contributed by atoms with Crippen LogP contribution in [0.25, 0.3) is 0 Å². The molecular weight excluding hydrogens is 286 g/mol. The highest BCUT2D eigenvalue weighted by Gasteiger charge is 2.18. The van der Waals surface area contributed by atoms with E-state index in [0.717, 1.165) is 6.07 Å². The summed E-state index contributed by atoms with van der Waals surface area (Å²) in [6.45, 7) is 0. The van der Waals surface area contributed by atoms with Gasteiger partial charge in [0.25, 0.3) is 5.91 Å². The number of anilines is 1. The van der Waals surface area contributed by atoms with Crippen LogP contribution in [0.3, 0.4) is 0 Å². The van der Waals surface area contributed by atoms with Crippen molar-refractivity contribution < 1.29 is 14.1 Å². The van der Waals surface area contributed by atoms with Gasteiger partial charge < -0.3 is 9.73 Å². The molecule has 1 aromatic heterocycles. The minimum atomic E-state index is -0.745. The molecule has 0 fully saturated rings.